The molecule has 2 saturated heterocycles. The van der Waals surface area contributed by atoms with Gasteiger partial charge in [0.25, 0.3) is 5.91 Å². The van der Waals surface area contributed by atoms with E-state index in [2.05, 4.69) is 10.6 Å². The van der Waals surface area contributed by atoms with Crippen molar-refractivity contribution in [3.8, 4) is 5.75 Å². The summed E-state index contributed by atoms with van der Waals surface area (Å²) in [5.41, 5.74) is 0.444. The van der Waals surface area contributed by atoms with Crippen LogP contribution in [0, 0.1) is 0 Å². The van der Waals surface area contributed by atoms with Gasteiger partial charge in [-0.25, -0.2) is 4.79 Å². The average Bonchev–Trinajstić information content (AvgIpc) is 3.42. The maximum Gasteiger partial charge on any atom is 0.325 e. The molecule has 0 unspecified atom stereocenters. The van der Waals surface area contributed by atoms with Crippen LogP contribution in [0.1, 0.15) is 44.9 Å². The molecule has 3 fully saturated rings. The summed E-state index contributed by atoms with van der Waals surface area (Å²) in [6.07, 6.45) is 4.49. The summed E-state index contributed by atoms with van der Waals surface area (Å²) in [6, 6.07) is 4.71. The predicted molar refractivity (Wildman–Crippen MR) is 109 cm³/mol. The molecule has 1 aliphatic carbocycles. The largest absolute Gasteiger partial charge is 0.494 e. The second-order valence-corrected chi connectivity index (χ2v) is 8.01. The Hall–Kier alpha value is -3.10. The second kappa shape index (κ2) is 7.97. The zero-order valence-corrected chi connectivity index (χ0v) is 17.0. The third kappa shape index (κ3) is 3.59. The number of amides is 5. The fourth-order valence-corrected chi connectivity index (χ4v) is 4.51. The number of ether oxygens (including phenoxy) is 1. The summed E-state index contributed by atoms with van der Waals surface area (Å²) < 4.78 is 5.40. The number of anilines is 2. The Balaban J connectivity index is 1.37. The zero-order valence-electron chi connectivity index (χ0n) is 17.0. The number of hydrogen-bond donors (Lipinski definition) is 2. The first-order valence-corrected chi connectivity index (χ1v) is 10.4. The van der Waals surface area contributed by atoms with Crippen LogP contribution in [-0.2, 0) is 14.4 Å². The summed E-state index contributed by atoms with van der Waals surface area (Å²) in [6.45, 7) is 0.685. The van der Waals surface area contributed by atoms with Gasteiger partial charge >= 0.3 is 6.03 Å². The van der Waals surface area contributed by atoms with Crippen LogP contribution in [0.15, 0.2) is 18.2 Å². The zero-order chi connectivity index (χ0) is 21.3. The number of nitrogens with one attached hydrogen (secondary N) is 2. The standard InChI is InChI=1S/C21H26N4O5/c1-30-16-13-14(6-7-15(16)24-11-4-5-18(24)27)22-17(26)8-12-25-19(28)21(23-20(25)29)9-2-3-10-21/h6-7,13H,2-5,8-12H2,1H3,(H,22,26)(H,23,29). The number of methoxy groups -OCH3 is 1. The van der Waals surface area contributed by atoms with Crippen molar-refractivity contribution < 1.29 is 23.9 Å². The Morgan fingerprint density at radius 2 is 1.97 bits per heavy atom. The van der Waals surface area contributed by atoms with Gasteiger partial charge in [-0.2, -0.15) is 0 Å². The van der Waals surface area contributed by atoms with E-state index >= 15 is 0 Å². The first kappa shape index (κ1) is 20.2. The van der Waals surface area contributed by atoms with Gasteiger partial charge in [0.2, 0.25) is 11.8 Å². The number of imide groups is 1. The van der Waals surface area contributed by atoms with Crippen molar-refractivity contribution in [1.29, 1.82) is 0 Å². The summed E-state index contributed by atoms with van der Waals surface area (Å²) in [4.78, 5) is 52.1. The van der Waals surface area contributed by atoms with Crippen molar-refractivity contribution in [2.75, 3.05) is 30.4 Å². The van der Waals surface area contributed by atoms with E-state index in [-0.39, 0.29) is 30.7 Å². The van der Waals surface area contributed by atoms with E-state index in [0.29, 0.717) is 42.9 Å². The molecule has 2 heterocycles. The fraction of sp³-hybridized carbons (Fsp3) is 0.524. The Labute approximate surface area is 174 Å². The molecule has 1 spiro atoms. The van der Waals surface area contributed by atoms with E-state index in [4.69, 9.17) is 4.74 Å². The average molecular weight is 414 g/mol. The highest BCUT2D eigenvalue weighted by Crippen LogP contribution is 2.35. The highest BCUT2D eigenvalue weighted by atomic mass is 16.5. The number of urea groups is 1. The molecule has 9 heteroatoms. The normalized spacial score (nSPS) is 20.2. The van der Waals surface area contributed by atoms with Crippen LogP contribution in [-0.4, -0.2) is 54.4 Å². The summed E-state index contributed by atoms with van der Waals surface area (Å²) in [5, 5.41) is 5.58. The van der Waals surface area contributed by atoms with Crippen molar-refractivity contribution in [3.05, 3.63) is 18.2 Å². The molecule has 160 valence electrons. The molecule has 1 aromatic carbocycles. The lowest BCUT2D eigenvalue weighted by Crippen LogP contribution is -2.44. The lowest BCUT2D eigenvalue weighted by molar-refractivity contribution is -0.131. The molecule has 2 N–H and O–H groups in total. The Morgan fingerprint density at radius 1 is 1.20 bits per heavy atom. The number of rotatable bonds is 6. The third-order valence-corrected chi connectivity index (χ3v) is 6.09. The monoisotopic (exact) mass is 414 g/mol. The molecule has 1 aromatic rings. The number of carbonyl (C=O) groups is 4. The van der Waals surface area contributed by atoms with E-state index in [0.717, 1.165) is 24.2 Å². The lowest BCUT2D eigenvalue weighted by Gasteiger charge is -2.20. The van der Waals surface area contributed by atoms with Crippen molar-refractivity contribution >= 4 is 35.1 Å². The fourth-order valence-electron chi connectivity index (χ4n) is 4.51. The molecule has 0 bridgehead atoms. The van der Waals surface area contributed by atoms with Crippen LogP contribution >= 0.6 is 0 Å². The minimum Gasteiger partial charge on any atom is -0.494 e. The second-order valence-electron chi connectivity index (χ2n) is 8.01. The van der Waals surface area contributed by atoms with Crippen LogP contribution in [0.2, 0.25) is 0 Å². The van der Waals surface area contributed by atoms with E-state index in [1.54, 1.807) is 23.1 Å². The van der Waals surface area contributed by atoms with Crippen molar-refractivity contribution in [3.63, 3.8) is 0 Å². The van der Waals surface area contributed by atoms with Crippen LogP contribution in [0.25, 0.3) is 0 Å². The Kier molecular flexibility index (Phi) is 5.36. The minimum atomic E-state index is -0.760. The molecule has 1 saturated carbocycles. The number of hydrogen-bond acceptors (Lipinski definition) is 5. The third-order valence-electron chi connectivity index (χ3n) is 6.09. The molecule has 0 aromatic heterocycles. The SMILES string of the molecule is COc1cc(NC(=O)CCN2C(=O)NC3(CCCC3)C2=O)ccc1N1CCCC1=O. The molecule has 0 atom stereocenters. The highest BCUT2D eigenvalue weighted by molar-refractivity contribution is 6.07. The van der Waals surface area contributed by atoms with Gasteiger partial charge in [0.15, 0.2) is 0 Å². The van der Waals surface area contributed by atoms with Crippen LogP contribution in [0.5, 0.6) is 5.75 Å². The predicted octanol–water partition coefficient (Wildman–Crippen LogP) is 2.02. The van der Waals surface area contributed by atoms with Gasteiger partial charge in [-0.05, 0) is 31.4 Å². The van der Waals surface area contributed by atoms with Gasteiger partial charge in [-0.15, -0.1) is 0 Å². The first-order chi connectivity index (χ1) is 14.4. The van der Waals surface area contributed by atoms with Crippen molar-refractivity contribution in [2.24, 2.45) is 0 Å². The molecule has 2 aliphatic heterocycles. The number of carbonyl (C=O) groups excluding carboxylic acids is 4. The smallest absolute Gasteiger partial charge is 0.325 e. The molecule has 3 aliphatic rings. The molecular weight excluding hydrogens is 388 g/mol. The van der Waals surface area contributed by atoms with E-state index in [9.17, 15) is 19.2 Å². The maximum absolute atomic E-state index is 12.6. The molecule has 5 amide bonds. The molecule has 9 nitrogen and oxygen atoms in total. The minimum absolute atomic E-state index is 0.00389. The summed E-state index contributed by atoms with van der Waals surface area (Å²) in [7, 11) is 1.52. The maximum atomic E-state index is 12.6. The van der Waals surface area contributed by atoms with E-state index in [1.165, 1.54) is 7.11 Å². The molecule has 0 radical (unpaired) electrons. The van der Waals surface area contributed by atoms with Crippen LogP contribution in [0.3, 0.4) is 0 Å². The molecule has 30 heavy (non-hydrogen) atoms. The van der Waals surface area contributed by atoms with Gasteiger partial charge < -0.3 is 20.3 Å². The van der Waals surface area contributed by atoms with Gasteiger partial charge in [0.1, 0.15) is 11.3 Å². The van der Waals surface area contributed by atoms with Crippen molar-refractivity contribution in [2.45, 2.75) is 50.5 Å². The van der Waals surface area contributed by atoms with Gasteiger partial charge in [0, 0.05) is 37.7 Å². The number of benzene rings is 1. The van der Waals surface area contributed by atoms with Gasteiger partial charge in [-0.1, -0.05) is 12.8 Å². The van der Waals surface area contributed by atoms with E-state index < -0.39 is 11.6 Å². The Bertz CT molecular complexity index is 893. The Morgan fingerprint density at radius 3 is 2.63 bits per heavy atom. The highest BCUT2D eigenvalue weighted by Gasteiger charge is 2.52. The van der Waals surface area contributed by atoms with Crippen LogP contribution in [0.4, 0.5) is 16.2 Å². The van der Waals surface area contributed by atoms with Crippen LogP contribution < -0.4 is 20.3 Å². The summed E-state index contributed by atoms with van der Waals surface area (Å²) in [5.74, 6) is 0.0214. The van der Waals surface area contributed by atoms with Gasteiger partial charge in [-0.3, -0.25) is 19.3 Å². The quantitative estimate of drug-likeness (QED) is 0.693. The topological polar surface area (TPSA) is 108 Å². The van der Waals surface area contributed by atoms with Gasteiger partial charge in [0.05, 0.1) is 12.8 Å². The van der Waals surface area contributed by atoms with Crippen molar-refractivity contribution in [1.82, 2.24) is 10.2 Å². The van der Waals surface area contributed by atoms with E-state index in [1.807, 2.05) is 0 Å². The molecular formula is C21H26N4O5. The number of nitrogens with zero attached hydrogens (tertiary/aromatic N) is 2. The first-order valence-electron chi connectivity index (χ1n) is 10.4. The lowest BCUT2D eigenvalue weighted by atomic mass is 9.98. The molecule has 4 rings (SSSR count). The summed E-state index contributed by atoms with van der Waals surface area (Å²) >= 11 is 0.